The Hall–Kier alpha value is -0.0800. The third-order valence-electron chi connectivity index (χ3n) is 4.40. The van der Waals surface area contributed by atoms with Crippen LogP contribution in [0.4, 0.5) is 0 Å². The smallest absolute Gasteiger partial charge is 0.0278 e. The van der Waals surface area contributed by atoms with Gasteiger partial charge in [0.25, 0.3) is 0 Å². The van der Waals surface area contributed by atoms with Crippen molar-refractivity contribution in [3.8, 4) is 0 Å². The molecular formula is C14H28N2. The quantitative estimate of drug-likeness (QED) is 0.776. The lowest BCUT2D eigenvalue weighted by molar-refractivity contribution is 0.0269. The first kappa shape index (κ1) is 12.4. The second kappa shape index (κ2) is 4.30. The number of piperazine rings is 1. The summed E-state index contributed by atoms with van der Waals surface area (Å²) in [4.78, 5) is 2.72. The zero-order valence-corrected chi connectivity index (χ0v) is 11.5. The first-order valence-corrected chi connectivity index (χ1v) is 6.89. The summed E-state index contributed by atoms with van der Waals surface area (Å²) >= 11 is 0. The van der Waals surface area contributed by atoms with E-state index in [1.807, 2.05) is 0 Å². The van der Waals surface area contributed by atoms with Gasteiger partial charge in [-0.25, -0.2) is 0 Å². The molecule has 2 fully saturated rings. The Morgan fingerprint density at radius 2 is 1.75 bits per heavy atom. The minimum absolute atomic E-state index is 0.286. The number of nitrogens with zero attached hydrogens (tertiary/aromatic N) is 1. The predicted octanol–water partition coefficient (Wildman–Crippen LogP) is 2.64. The zero-order chi connectivity index (χ0) is 11.8. The third-order valence-corrected chi connectivity index (χ3v) is 4.40. The highest BCUT2D eigenvalue weighted by molar-refractivity contribution is 4.98. The van der Waals surface area contributed by atoms with Gasteiger partial charge < -0.3 is 5.32 Å². The molecule has 0 radical (unpaired) electrons. The lowest BCUT2D eigenvalue weighted by Crippen LogP contribution is -2.66. The number of nitrogens with one attached hydrogen (secondary N) is 1. The molecule has 0 unspecified atom stereocenters. The lowest BCUT2D eigenvalue weighted by atomic mass is 9.90. The fourth-order valence-electron chi connectivity index (χ4n) is 3.13. The van der Waals surface area contributed by atoms with E-state index in [-0.39, 0.29) is 5.54 Å². The normalized spacial score (nSPS) is 30.8. The van der Waals surface area contributed by atoms with Crippen LogP contribution in [-0.2, 0) is 0 Å². The van der Waals surface area contributed by atoms with Gasteiger partial charge in [-0.05, 0) is 46.5 Å². The van der Waals surface area contributed by atoms with E-state index in [9.17, 15) is 0 Å². The first-order chi connectivity index (χ1) is 7.39. The summed E-state index contributed by atoms with van der Waals surface area (Å²) in [5, 5.41) is 3.66. The minimum Gasteiger partial charge on any atom is -0.309 e. The summed E-state index contributed by atoms with van der Waals surface area (Å²) in [6.07, 6.45) is 5.84. The van der Waals surface area contributed by atoms with Crippen molar-refractivity contribution in [2.75, 3.05) is 19.6 Å². The van der Waals surface area contributed by atoms with Crippen LogP contribution in [0.1, 0.15) is 53.4 Å². The average molecular weight is 224 g/mol. The van der Waals surface area contributed by atoms with Crippen LogP contribution >= 0.6 is 0 Å². The molecule has 0 atom stereocenters. The van der Waals surface area contributed by atoms with E-state index in [0.29, 0.717) is 5.54 Å². The molecule has 0 amide bonds. The van der Waals surface area contributed by atoms with Gasteiger partial charge in [-0.3, -0.25) is 4.90 Å². The Kier molecular flexibility index (Phi) is 3.33. The van der Waals surface area contributed by atoms with Crippen molar-refractivity contribution in [1.82, 2.24) is 10.2 Å². The predicted molar refractivity (Wildman–Crippen MR) is 69.7 cm³/mol. The fraction of sp³-hybridized carbons (Fsp3) is 1.00. The molecule has 2 heteroatoms. The molecule has 0 bridgehead atoms. The van der Waals surface area contributed by atoms with Gasteiger partial charge in [0.2, 0.25) is 0 Å². The van der Waals surface area contributed by atoms with E-state index in [0.717, 1.165) is 12.5 Å². The van der Waals surface area contributed by atoms with Crippen LogP contribution < -0.4 is 5.32 Å². The van der Waals surface area contributed by atoms with E-state index in [2.05, 4.69) is 37.9 Å². The molecule has 2 aliphatic rings. The van der Waals surface area contributed by atoms with Gasteiger partial charge in [0.05, 0.1) is 0 Å². The average Bonchev–Trinajstić information content (AvgIpc) is 2.65. The van der Waals surface area contributed by atoms with Crippen molar-refractivity contribution in [3.05, 3.63) is 0 Å². The Morgan fingerprint density at radius 3 is 2.38 bits per heavy atom. The fourth-order valence-corrected chi connectivity index (χ4v) is 3.13. The Bertz CT molecular complexity index is 239. The minimum atomic E-state index is 0.286. The van der Waals surface area contributed by atoms with Crippen molar-refractivity contribution in [1.29, 1.82) is 0 Å². The summed E-state index contributed by atoms with van der Waals surface area (Å²) in [5.74, 6) is 0.966. The van der Waals surface area contributed by atoms with Crippen LogP contribution in [0.3, 0.4) is 0 Å². The van der Waals surface area contributed by atoms with Crippen LogP contribution in [0.25, 0.3) is 0 Å². The maximum Gasteiger partial charge on any atom is 0.0278 e. The van der Waals surface area contributed by atoms with Gasteiger partial charge in [-0.15, -0.1) is 0 Å². The van der Waals surface area contributed by atoms with Gasteiger partial charge >= 0.3 is 0 Å². The molecule has 1 saturated carbocycles. The highest BCUT2D eigenvalue weighted by Gasteiger charge is 2.38. The highest BCUT2D eigenvalue weighted by Crippen LogP contribution is 2.30. The molecule has 1 saturated heterocycles. The molecule has 1 aliphatic carbocycles. The summed E-state index contributed by atoms with van der Waals surface area (Å²) < 4.78 is 0. The third kappa shape index (κ3) is 2.78. The summed E-state index contributed by atoms with van der Waals surface area (Å²) in [7, 11) is 0. The molecule has 1 heterocycles. The summed E-state index contributed by atoms with van der Waals surface area (Å²) in [6, 6.07) is 0. The zero-order valence-electron chi connectivity index (χ0n) is 11.5. The molecule has 1 aliphatic heterocycles. The van der Waals surface area contributed by atoms with Crippen LogP contribution in [0.5, 0.6) is 0 Å². The SMILES string of the molecule is CC1(C)CN(CC2CCCC2)C(C)(C)CN1. The lowest BCUT2D eigenvalue weighted by Gasteiger charge is -2.50. The molecular weight excluding hydrogens is 196 g/mol. The van der Waals surface area contributed by atoms with Gasteiger partial charge in [0.15, 0.2) is 0 Å². The Morgan fingerprint density at radius 1 is 1.12 bits per heavy atom. The molecule has 2 rings (SSSR count). The molecule has 94 valence electrons. The Balaban J connectivity index is 1.98. The topological polar surface area (TPSA) is 15.3 Å². The van der Waals surface area contributed by atoms with Gasteiger partial charge in [0.1, 0.15) is 0 Å². The maximum absolute atomic E-state index is 3.66. The van der Waals surface area contributed by atoms with Crippen molar-refractivity contribution >= 4 is 0 Å². The van der Waals surface area contributed by atoms with Crippen LogP contribution in [0, 0.1) is 5.92 Å². The number of hydrogen-bond acceptors (Lipinski definition) is 2. The molecule has 2 nitrogen and oxygen atoms in total. The molecule has 16 heavy (non-hydrogen) atoms. The highest BCUT2D eigenvalue weighted by atomic mass is 15.3. The maximum atomic E-state index is 3.66. The van der Waals surface area contributed by atoms with E-state index in [4.69, 9.17) is 0 Å². The number of rotatable bonds is 2. The standard InChI is InChI=1S/C14H28N2/c1-13(2)11-16(14(3,4)10-15-13)9-12-7-5-6-8-12/h12,15H,5-11H2,1-4H3. The van der Waals surface area contributed by atoms with Gasteiger partial charge in [-0.2, -0.15) is 0 Å². The van der Waals surface area contributed by atoms with Crippen molar-refractivity contribution < 1.29 is 0 Å². The van der Waals surface area contributed by atoms with E-state index < -0.39 is 0 Å². The van der Waals surface area contributed by atoms with Gasteiger partial charge in [-0.1, -0.05) is 12.8 Å². The van der Waals surface area contributed by atoms with E-state index in [1.54, 1.807) is 0 Å². The molecule has 0 spiro atoms. The monoisotopic (exact) mass is 224 g/mol. The van der Waals surface area contributed by atoms with E-state index >= 15 is 0 Å². The second-order valence-corrected chi connectivity index (χ2v) is 7.08. The Labute approximate surface area is 101 Å². The van der Waals surface area contributed by atoms with Crippen molar-refractivity contribution in [3.63, 3.8) is 0 Å². The van der Waals surface area contributed by atoms with Crippen LogP contribution in [0.2, 0.25) is 0 Å². The molecule has 0 aromatic carbocycles. The summed E-state index contributed by atoms with van der Waals surface area (Å²) in [5.41, 5.74) is 0.617. The van der Waals surface area contributed by atoms with Crippen LogP contribution in [-0.4, -0.2) is 35.6 Å². The second-order valence-electron chi connectivity index (χ2n) is 7.08. The van der Waals surface area contributed by atoms with Crippen molar-refractivity contribution in [2.45, 2.75) is 64.5 Å². The molecule has 1 N–H and O–H groups in total. The van der Waals surface area contributed by atoms with Crippen LogP contribution in [0.15, 0.2) is 0 Å². The summed E-state index contributed by atoms with van der Waals surface area (Å²) in [6.45, 7) is 13.0. The number of hydrogen-bond donors (Lipinski definition) is 1. The first-order valence-electron chi connectivity index (χ1n) is 6.89. The van der Waals surface area contributed by atoms with Gasteiger partial charge in [0, 0.05) is 30.7 Å². The van der Waals surface area contributed by atoms with E-state index in [1.165, 1.54) is 38.8 Å². The molecule has 0 aromatic rings. The van der Waals surface area contributed by atoms with Crippen molar-refractivity contribution in [2.24, 2.45) is 5.92 Å². The largest absolute Gasteiger partial charge is 0.309 e. The molecule has 0 aromatic heterocycles.